The van der Waals surface area contributed by atoms with Crippen molar-refractivity contribution in [2.24, 2.45) is 0 Å². The van der Waals surface area contributed by atoms with Gasteiger partial charge in [-0.05, 0) is 25.7 Å². The molecule has 0 atom stereocenters. The van der Waals surface area contributed by atoms with Crippen molar-refractivity contribution in [2.45, 2.75) is 25.7 Å². The van der Waals surface area contributed by atoms with Gasteiger partial charge in [0.25, 0.3) is 0 Å². The van der Waals surface area contributed by atoms with Gasteiger partial charge in [-0.3, -0.25) is 10.1 Å². The standard InChI is InChI=1S/C12H17N5O2/c18-17(19)10-11(15-5-2-1-3-6-15)13-9-14-12(10)16-7-4-8-16/h9H,1-8H2. The Balaban J connectivity index is 1.99. The highest BCUT2D eigenvalue weighted by Crippen LogP contribution is 2.36. The Bertz CT molecular complexity index is 483. The van der Waals surface area contributed by atoms with Gasteiger partial charge in [-0.2, -0.15) is 0 Å². The minimum absolute atomic E-state index is 0.0732. The molecule has 3 rings (SSSR count). The maximum Gasteiger partial charge on any atom is 0.353 e. The molecule has 0 aromatic carbocycles. The number of nitro groups is 1. The van der Waals surface area contributed by atoms with Crippen LogP contribution in [0, 0.1) is 10.1 Å². The molecule has 0 saturated carbocycles. The fourth-order valence-corrected chi connectivity index (χ4v) is 2.62. The minimum Gasteiger partial charge on any atom is -0.351 e. The summed E-state index contributed by atoms with van der Waals surface area (Å²) >= 11 is 0. The van der Waals surface area contributed by atoms with E-state index >= 15 is 0 Å². The molecule has 2 fully saturated rings. The summed E-state index contributed by atoms with van der Waals surface area (Å²) < 4.78 is 0. The van der Waals surface area contributed by atoms with Crippen LogP contribution in [0.2, 0.25) is 0 Å². The van der Waals surface area contributed by atoms with Crippen LogP contribution < -0.4 is 9.80 Å². The van der Waals surface area contributed by atoms with Crippen molar-refractivity contribution in [1.82, 2.24) is 9.97 Å². The lowest BCUT2D eigenvalue weighted by molar-refractivity contribution is -0.383. The Morgan fingerprint density at radius 3 is 1.89 bits per heavy atom. The van der Waals surface area contributed by atoms with Crippen LogP contribution in [0.5, 0.6) is 0 Å². The SMILES string of the molecule is O=[N+]([O-])c1c(N2CCCCC2)ncnc1N1CCC1. The average Bonchev–Trinajstić information content (AvgIpc) is 2.37. The van der Waals surface area contributed by atoms with E-state index in [-0.39, 0.29) is 10.6 Å². The van der Waals surface area contributed by atoms with E-state index in [1.807, 2.05) is 9.80 Å². The zero-order chi connectivity index (χ0) is 13.2. The van der Waals surface area contributed by atoms with Crippen molar-refractivity contribution < 1.29 is 4.92 Å². The lowest BCUT2D eigenvalue weighted by atomic mass is 10.1. The highest BCUT2D eigenvalue weighted by molar-refractivity contribution is 5.71. The monoisotopic (exact) mass is 263 g/mol. The van der Waals surface area contributed by atoms with Crippen LogP contribution in [0.25, 0.3) is 0 Å². The third-order valence-corrected chi connectivity index (χ3v) is 3.78. The van der Waals surface area contributed by atoms with Gasteiger partial charge in [0.15, 0.2) is 0 Å². The Morgan fingerprint density at radius 1 is 0.947 bits per heavy atom. The first-order chi connectivity index (χ1) is 9.27. The first-order valence-corrected chi connectivity index (χ1v) is 6.76. The molecule has 1 aromatic heterocycles. The van der Waals surface area contributed by atoms with Crippen molar-refractivity contribution in [1.29, 1.82) is 0 Å². The van der Waals surface area contributed by atoms with Crippen LogP contribution >= 0.6 is 0 Å². The normalized spacial score (nSPS) is 19.2. The van der Waals surface area contributed by atoms with E-state index in [2.05, 4.69) is 9.97 Å². The summed E-state index contributed by atoms with van der Waals surface area (Å²) in [6, 6.07) is 0. The fraction of sp³-hybridized carbons (Fsp3) is 0.667. The van der Waals surface area contributed by atoms with E-state index in [9.17, 15) is 10.1 Å². The van der Waals surface area contributed by atoms with Gasteiger partial charge in [0.1, 0.15) is 6.33 Å². The number of nitrogens with zero attached hydrogens (tertiary/aromatic N) is 5. The van der Waals surface area contributed by atoms with Gasteiger partial charge in [0, 0.05) is 26.2 Å². The summed E-state index contributed by atoms with van der Waals surface area (Å²) in [5, 5.41) is 11.4. The molecular weight excluding hydrogens is 246 g/mol. The van der Waals surface area contributed by atoms with Crippen molar-refractivity contribution in [3.8, 4) is 0 Å². The predicted octanol–water partition coefficient (Wildman–Crippen LogP) is 1.59. The van der Waals surface area contributed by atoms with Crippen molar-refractivity contribution in [3.63, 3.8) is 0 Å². The smallest absolute Gasteiger partial charge is 0.351 e. The van der Waals surface area contributed by atoms with Gasteiger partial charge >= 0.3 is 5.69 Å². The topological polar surface area (TPSA) is 75.4 Å². The number of piperidine rings is 1. The Hall–Kier alpha value is -1.92. The third-order valence-electron chi connectivity index (χ3n) is 3.78. The maximum absolute atomic E-state index is 11.4. The molecule has 0 radical (unpaired) electrons. The molecule has 0 amide bonds. The van der Waals surface area contributed by atoms with Crippen LogP contribution in [0.3, 0.4) is 0 Å². The maximum atomic E-state index is 11.4. The summed E-state index contributed by atoms with van der Waals surface area (Å²) in [6.45, 7) is 3.38. The van der Waals surface area contributed by atoms with Gasteiger partial charge in [-0.25, -0.2) is 9.97 Å². The van der Waals surface area contributed by atoms with E-state index in [4.69, 9.17) is 0 Å². The summed E-state index contributed by atoms with van der Waals surface area (Å²) in [5.41, 5.74) is 0.0732. The van der Waals surface area contributed by atoms with Gasteiger partial charge in [-0.15, -0.1) is 0 Å². The van der Waals surface area contributed by atoms with Crippen molar-refractivity contribution in [2.75, 3.05) is 36.0 Å². The number of hydrogen-bond acceptors (Lipinski definition) is 6. The molecule has 7 nitrogen and oxygen atoms in total. The first-order valence-electron chi connectivity index (χ1n) is 6.76. The summed E-state index contributed by atoms with van der Waals surface area (Å²) in [6.07, 6.45) is 5.85. The summed E-state index contributed by atoms with van der Waals surface area (Å²) in [7, 11) is 0. The lowest BCUT2D eigenvalue weighted by Gasteiger charge is -2.33. The van der Waals surface area contributed by atoms with E-state index in [0.29, 0.717) is 11.6 Å². The highest BCUT2D eigenvalue weighted by Gasteiger charge is 2.32. The summed E-state index contributed by atoms with van der Waals surface area (Å²) in [4.78, 5) is 23.3. The zero-order valence-electron chi connectivity index (χ0n) is 10.8. The average molecular weight is 263 g/mol. The molecule has 0 bridgehead atoms. The van der Waals surface area contributed by atoms with Crippen LogP contribution in [-0.2, 0) is 0 Å². The third kappa shape index (κ3) is 2.20. The molecule has 2 aliphatic rings. The molecule has 19 heavy (non-hydrogen) atoms. The quantitative estimate of drug-likeness (QED) is 0.609. The van der Waals surface area contributed by atoms with Crippen molar-refractivity contribution in [3.05, 3.63) is 16.4 Å². The second-order valence-corrected chi connectivity index (χ2v) is 5.01. The molecular formula is C12H17N5O2. The zero-order valence-corrected chi connectivity index (χ0v) is 10.8. The fourth-order valence-electron chi connectivity index (χ4n) is 2.62. The number of rotatable bonds is 3. The number of hydrogen-bond donors (Lipinski definition) is 0. The summed E-state index contributed by atoms with van der Waals surface area (Å²) in [5.74, 6) is 0.966. The van der Waals surface area contributed by atoms with Gasteiger partial charge in [0.05, 0.1) is 4.92 Å². The molecule has 1 aromatic rings. The molecule has 0 aliphatic carbocycles. The Labute approximate surface area is 111 Å². The van der Waals surface area contributed by atoms with Crippen LogP contribution in [0.1, 0.15) is 25.7 Å². The van der Waals surface area contributed by atoms with Crippen LogP contribution in [0.4, 0.5) is 17.3 Å². The van der Waals surface area contributed by atoms with Crippen LogP contribution in [-0.4, -0.2) is 41.1 Å². The van der Waals surface area contributed by atoms with E-state index in [1.165, 1.54) is 12.7 Å². The van der Waals surface area contributed by atoms with Crippen molar-refractivity contribution >= 4 is 17.3 Å². The number of anilines is 2. The first kappa shape index (κ1) is 12.1. The van der Waals surface area contributed by atoms with Crippen LogP contribution in [0.15, 0.2) is 6.33 Å². The molecule has 0 unspecified atom stereocenters. The second-order valence-electron chi connectivity index (χ2n) is 5.01. The van der Waals surface area contributed by atoms with E-state index in [1.54, 1.807) is 0 Å². The largest absolute Gasteiger partial charge is 0.353 e. The number of aromatic nitrogens is 2. The molecule has 3 heterocycles. The Kier molecular flexibility index (Phi) is 3.18. The molecule has 0 spiro atoms. The predicted molar refractivity (Wildman–Crippen MR) is 71.6 cm³/mol. The van der Waals surface area contributed by atoms with Gasteiger partial charge in [0.2, 0.25) is 11.6 Å². The lowest BCUT2D eigenvalue weighted by Crippen LogP contribution is -2.39. The van der Waals surface area contributed by atoms with E-state index < -0.39 is 0 Å². The molecule has 0 N–H and O–H groups in total. The second kappa shape index (κ2) is 4.99. The highest BCUT2D eigenvalue weighted by atomic mass is 16.6. The molecule has 102 valence electrons. The molecule has 2 saturated heterocycles. The molecule has 7 heteroatoms. The minimum atomic E-state index is -0.336. The van der Waals surface area contributed by atoms with E-state index in [0.717, 1.165) is 45.4 Å². The Morgan fingerprint density at radius 2 is 1.47 bits per heavy atom. The van der Waals surface area contributed by atoms with Gasteiger partial charge in [-0.1, -0.05) is 0 Å². The molecule has 2 aliphatic heterocycles. The van der Waals surface area contributed by atoms with Gasteiger partial charge < -0.3 is 9.80 Å².